The molecular formula is C19H24N2O5. The van der Waals surface area contributed by atoms with Gasteiger partial charge in [-0.05, 0) is 31.2 Å². The minimum absolute atomic E-state index is 0.185. The van der Waals surface area contributed by atoms with Crippen LogP contribution in [0.3, 0.4) is 0 Å². The predicted molar refractivity (Wildman–Crippen MR) is 93.7 cm³/mol. The Hall–Kier alpha value is -2.41. The van der Waals surface area contributed by atoms with Crippen LogP contribution in [-0.2, 0) is 20.7 Å². The van der Waals surface area contributed by atoms with Crippen LogP contribution >= 0.6 is 0 Å². The van der Waals surface area contributed by atoms with E-state index in [1.807, 2.05) is 30.3 Å². The van der Waals surface area contributed by atoms with Crippen LogP contribution in [-0.4, -0.2) is 47.2 Å². The Morgan fingerprint density at radius 3 is 2.38 bits per heavy atom. The van der Waals surface area contributed by atoms with E-state index in [4.69, 9.17) is 9.84 Å². The highest BCUT2D eigenvalue weighted by atomic mass is 16.6. The van der Waals surface area contributed by atoms with Crippen LogP contribution in [0.25, 0.3) is 0 Å². The first-order valence-electron chi connectivity index (χ1n) is 8.89. The number of carbonyl (C=O) groups is 3. The zero-order valence-corrected chi connectivity index (χ0v) is 14.7. The number of carboxylic acid groups (broad SMARTS) is 1. The molecule has 26 heavy (non-hydrogen) atoms. The van der Waals surface area contributed by atoms with Gasteiger partial charge in [-0.1, -0.05) is 43.2 Å². The Bertz CT molecular complexity index is 682. The molecule has 2 fully saturated rings. The number of ether oxygens (including phenoxy) is 1. The van der Waals surface area contributed by atoms with Gasteiger partial charge >= 0.3 is 6.09 Å². The predicted octanol–water partition coefficient (Wildman–Crippen LogP) is 1.51. The smallest absolute Gasteiger partial charge is 0.405 e. The number of amides is 2. The van der Waals surface area contributed by atoms with Crippen molar-refractivity contribution in [2.45, 2.75) is 50.3 Å². The van der Waals surface area contributed by atoms with Gasteiger partial charge in [0.2, 0.25) is 5.91 Å². The van der Waals surface area contributed by atoms with E-state index in [0.717, 1.165) is 18.4 Å². The van der Waals surface area contributed by atoms with Crippen molar-refractivity contribution in [3.05, 3.63) is 35.9 Å². The number of rotatable bonds is 9. The van der Waals surface area contributed by atoms with Gasteiger partial charge in [-0.3, -0.25) is 9.59 Å². The van der Waals surface area contributed by atoms with Crippen molar-refractivity contribution in [3.8, 4) is 0 Å². The van der Waals surface area contributed by atoms with E-state index >= 15 is 0 Å². The number of carbonyl (C=O) groups excluding carboxylic acids is 2. The van der Waals surface area contributed by atoms with Gasteiger partial charge in [-0.15, -0.1) is 0 Å². The van der Waals surface area contributed by atoms with Crippen LogP contribution in [0.4, 0.5) is 4.79 Å². The van der Waals surface area contributed by atoms with Gasteiger partial charge in [0.05, 0.1) is 12.6 Å². The summed E-state index contributed by atoms with van der Waals surface area (Å²) in [5.41, 5.74) is 0.0548. The maximum Gasteiger partial charge on any atom is 0.405 e. The Kier molecular flexibility index (Phi) is 5.27. The second-order valence-corrected chi connectivity index (χ2v) is 7.32. The third-order valence-electron chi connectivity index (χ3n) is 4.89. The molecular weight excluding hydrogens is 336 g/mol. The van der Waals surface area contributed by atoms with E-state index in [2.05, 4.69) is 10.6 Å². The summed E-state index contributed by atoms with van der Waals surface area (Å²) in [6.45, 7) is 2.04. The molecule has 7 nitrogen and oxygen atoms in total. The first-order valence-corrected chi connectivity index (χ1v) is 8.89. The van der Waals surface area contributed by atoms with Crippen molar-refractivity contribution in [1.82, 2.24) is 10.6 Å². The van der Waals surface area contributed by atoms with E-state index in [1.54, 1.807) is 6.92 Å². The third kappa shape index (κ3) is 4.82. The number of Topliss-reactive ketones (excluding diaryl/α,β-unsaturated/α-hetero) is 1. The molecule has 0 bridgehead atoms. The van der Waals surface area contributed by atoms with E-state index in [9.17, 15) is 14.4 Å². The molecule has 0 aromatic heterocycles. The average Bonchev–Trinajstić information content (AvgIpc) is 3.52. The minimum atomic E-state index is -1.24. The highest BCUT2D eigenvalue weighted by molar-refractivity contribution is 5.97. The molecule has 0 radical (unpaired) electrons. The van der Waals surface area contributed by atoms with Crippen molar-refractivity contribution >= 4 is 17.8 Å². The fourth-order valence-electron chi connectivity index (χ4n) is 3.02. The van der Waals surface area contributed by atoms with Crippen molar-refractivity contribution < 1.29 is 24.2 Å². The molecule has 3 N–H and O–H groups in total. The van der Waals surface area contributed by atoms with Crippen LogP contribution in [0.5, 0.6) is 0 Å². The van der Waals surface area contributed by atoms with E-state index in [-0.39, 0.29) is 5.78 Å². The Morgan fingerprint density at radius 2 is 1.85 bits per heavy atom. The highest BCUT2D eigenvalue weighted by Gasteiger charge is 2.50. The van der Waals surface area contributed by atoms with Crippen LogP contribution in [0, 0.1) is 5.92 Å². The van der Waals surface area contributed by atoms with Gasteiger partial charge in [0, 0.05) is 0 Å². The van der Waals surface area contributed by atoms with Gasteiger partial charge in [0.15, 0.2) is 5.78 Å². The van der Waals surface area contributed by atoms with Crippen LogP contribution in [0.1, 0.15) is 31.7 Å². The molecule has 1 aromatic carbocycles. The fourth-order valence-corrected chi connectivity index (χ4v) is 3.02. The van der Waals surface area contributed by atoms with Crippen molar-refractivity contribution in [2.75, 3.05) is 6.61 Å². The van der Waals surface area contributed by atoms with Gasteiger partial charge in [0.1, 0.15) is 11.6 Å². The molecule has 1 aliphatic heterocycles. The van der Waals surface area contributed by atoms with Gasteiger partial charge in [0.25, 0.3) is 0 Å². The highest BCUT2D eigenvalue weighted by Crippen LogP contribution is 2.34. The SMILES string of the molecule is C[C@@]1(C(=O)[C@H](Cc2ccccc2)NC(=O)[C@H](CC2CC2)NC(=O)O)CO1. The summed E-state index contributed by atoms with van der Waals surface area (Å²) >= 11 is 0. The zero-order chi connectivity index (χ0) is 18.7. The van der Waals surface area contributed by atoms with E-state index in [0.29, 0.717) is 25.4 Å². The van der Waals surface area contributed by atoms with Gasteiger partial charge < -0.3 is 20.5 Å². The maximum absolute atomic E-state index is 12.8. The monoisotopic (exact) mass is 360 g/mol. The van der Waals surface area contributed by atoms with Gasteiger partial charge in [-0.2, -0.15) is 0 Å². The lowest BCUT2D eigenvalue weighted by Gasteiger charge is -2.23. The summed E-state index contributed by atoms with van der Waals surface area (Å²) in [7, 11) is 0. The molecule has 7 heteroatoms. The molecule has 1 saturated heterocycles. The number of hydrogen-bond donors (Lipinski definition) is 3. The molecule has 1 aromatic rings. The third-order valence-corrected chi connectivity index (χ3v) is 4.89. The summed E-state index contributed by atoms with van der Waals surface area (Å²) in [5.74, 6) is -0.279. The standard InChI is InChI=1S/C19H24N2O5/c1-19(11-26-19)16(22)14(9-12-5-3-2-4-6-12)20-17(23)15(21-18(24)25)10-13-7-8-13/h2-6,13-15,21H,7-11H2,1H3,(H,20,23)(H,24,25)/t14-,15-,19-/m0/s1. The van der Waals surface area contributed by atoms with E-state index < -0.39 is 29.7 Å². The molecule has 3 atom stereocenters. The molecule has 0 unspecified atom stereocenters. The molecule has 2 amide bonds. The quantitative estimate of drug-likeness (QED) is 0.579. The maximum atomic E-state index is 12.8. The van der Waals surface area contributed by atoms with Crippen LogP contribution in [0.15, 0.2) is 30.3 Å². The lowest BCUT2D eigenvalue weighted by atomic mass is 9.94. The first-order chi connectivity index (χ1) is 12.4. The average molecular weight is 360 g/mol. The second-order valence-electron chi connectivity index (χ2n) is 7.32. The first kappa shape index (κ1) is 18.4. The largest absolute Gasteiger partial charge is 0.465 e. The topological polar surface area (TPSA) is 108 Å². The number of nitrogens with one attached hydrogen (secondary N) is 2. The Morgan fingerprint density at radius 1 is 1.19 bits per heavy atom. The molecule has 3 rings (SSSR count). The number of ketones is 1. The number of hydrogen-bond acceptors (Lipinski definition) is 4. The molecule has 1 aliphatic carbocycles. The van der Waals surface area contributed by atoms with Crippen molar-refractivity contribution in [2.24, 2.45) is 5.92 Å². The second kappa shape index (κ2) is 7.45. The Labute approximate surface area is 152 Å². The summed E-state index contributed by atoms with van der Waals surface area (Å²) < 4.78 is 5.25. The zero-order valence-electron chi connectivity index (χ0n) is 14.7. The molecule has 2 aliphatic rings. The lowest BCUT2D eigenvalue weighted by molar-refractivity contribution is -0.131. The van der Waals surface area contributed by atoms with Crippen LogP contribution in [0.2, 0.25) is 0 Å². The minimum Gasteiger partial charge on any atom is -0.465 e. The summed E-state index contributed by atoms with van der Waals surface area (Å²) in [6.07, 6.45) is 1.56. The van der Waals surface area contributed by atoms with Gasteiger partial charge in [-0.25, -0.2) is 4.79 Å². The molecule has 1 saturated carbocycles. The normalized spacial score (nSPS) is 23.6. The summed E-state index contributed by atoms with van der Waals surface area (Å²) in [4.78, 5) is 36.5. The van der Waals surface area contributed by atoms with E-state index in [1.165, 1.54) is 0 Å². The van der Waals surface area contributed by atoms with Crippen molar-refractivity contribution in [1.29, 1.82) is 0 Å². The fraction of sp³-hybridized carbons (Fsp3) is 0.526. The number of benzene rings is 1. The number of epoxide rings is 1. The molecule has 1 heterocycles. The summed E-state index contributed by atoms with van der Waals surface area (Å²) in [5, 5.41) is 14.0. The van der Waals surface area contributed by atoms with Crippen LogP contribution < -0.4 is 10.6 Å². The Balaban J connectivity index is 1.71. The van der Waals surface area contributed by atoms with Crippen molar-refractivity contribution in [3.63, 3.8) is 0 Å². The molecule has 0 spiro atoms. The molecule has 140 valence electrons. The lowest BCUT2D eigenvalue weighted by Crippen LogP contribution is -2.54. The summed E-state index contributed by atoms with van der Waals surface area (Å²) in [6, 6.07) is 7.80.